The van der Waals surface area contributed by atoms with Crippen LogP contribution in [0.3, 0.4) is 0 Å². The van der Waals surface area contributed by atoms with Crippen molar-refractivity contribution >= 4 is 28.3 Å². The van der Waals surface area contributed by atoms with Crippen LogP contribution in [-0.2, 0) is 14.3 Å². The van der Waals surface area contributed by atoms with Crippen LogP contribution in [0.2, 0.25) is 0 Å². The molecule has 0 unspecified atom stereocenters. The van der Waals surface area contributed by atoms with E-state index >= 15 is 0 Å². The van der Waals surface area contributed by atoms with Gasteiger partial charge >= 0.3 is 0 Å². The Kier molecular flexibility index (Phi) is 2.62. The molecule has 5 rings (SSSR count). The van der Waals surface area contributed by atoms with Crippen molar-refractivity contribution in [3.63, 3.8) is 0 Å². The molecule has 1 N–H and O–H groups in total. The van der Waals surface area contributed by atoms with Crippen molar-refractivity contribution in [3.8, 4) is 0 Å². The number of ether oxygens (including phenoxy) is 1. The topological polar surface area (TPSA) is 66.8 Å². The summed E-state index contributed by atoms with van der Waals surface area (Å²) in [6.45, 7) is -0.302. The first-order valence-corrected chi connectivity index (χ1v) is 8.00. The van der Waals surface area contributed by atoms with Gasteiger partial charge in [-0.3, -0.25) is 9.59 Å². The van der Waals surface area contributed by atoms with E-state index in [2.05, 4.69) is 0 Å². The monoisotopic (exact) mass is 321 g/mol. The highest BCUT2D eigenvalue weighted by molar-refractivity contribution is 6.26. The Balaban J connectivity index is 1.67. The average molecular weight is 321 g/mol. The lowest BCUT2D eigenvalue weighted by atomic mass is 9.77. The van der Waals surface area contributed by atoms with Crippen molar-refractivity contribution in [2.45, 2.75) is 11.7 Å². The number of aliphatic hydroxyl groups is 1. The average Bonchev–Trinajstić information content (AvgIpc) is 3.26. The van der Waals surface area contributed by atoms with E-state index in [-0.39, 0.29) is 18.4 Å². The third-order valence-electron chi connectivity index (χ3n) is 5.41. The zero-order chi connectivity index (χ0) is 16.5. The van der Waals surface area contributed by atoms with Crippen LogP contribution in [0.5, 0.6) is 0 Å². The Morgan fingerprint density at radius 1 is 1.08 bits per heavy atom. The van der Waals surface area contributed by atoms with Crippen LogP contribution in [0.4, 0.5) is 5.69 Å². The molecule has 2 aromatic rings. The molecule has 5 heteroatoms. The molecule has 0 spiro atoms. The van der Waals surface area contributed by atoms with Crippen LogP contribution in [0.25, 0.3) is 10.8 Å². The van der Waals surface area contributed by atoms with Crippen molar-refractivity contribution in [3.05, 3.63) is 54.6 Å². The smallest absolute Gasteiger partial charge is 0.241 e. The van der Waals surface area contributed by atoms with E-state index in [0.29, 0.717) is 5.69 Å². The van der Waals surface area contributed by atoms with Crippen LogP contribution >= 0.6 is 0 Å². The second kappa shape index (κ2) is 4.53. The maximum atomic E-state index is 13.1. The van der Waals surface area contributed by atoms with Gasteiger partial charge in [0.15, 0.2) is 0 Å². The number of amides is 2. The van der Waals surface area contributed by atoms with Gasteiger partial charge in [-0.2, -0.15) is 0 Å². The number of carbonyl (C=O) groups excluding carboxylic acids is 2. The first-order chi connectivity index (χ1) is 11.7. The van der Waals surface area contributed by atoms with Gasteiger partial charge in [0.1, 0.15) is 5.60 Å². The molecule has 0 aromatic heterocycles. The Bertz CT molecular complexity index is 915. The number of rotatable bonds is 2. The van der Waals surface area contributed by atoms with Gasteiger partial charge < -0.3 is 9.84 Å². The van der Waals surface area contributed by atoms with Crippen molar-refractivity contribution in [1.82, 2.24) is 0 Å². The molecule has 0 radical (unpaired) electrons. The number of carbonyl (C=O) groups is 2. The third kappa shape index (κ3) is 1.51. The summed E-state index contributed by atoms with van der Waals surface area (Å²) < 4.78 is 5.76. The summed E-state index contributed by atoms with van der Waals surface area (Å²) in [5.74, 6) is -1.73. The van der Waals surface area contributed by atoms with Crippen molar-refractivity contribution in [2.24, 2.45) is 11.8 Å². The van der Waals surface area contributed by atoms with Gasteiger partial charge in [0.05, 0.1) is 30.2 Å². The Morgan fingerprint density at radius 2 is 1.88 bits per heavy atom. The Hall–Kier alpha value is -2.50. The normalized spacial score (nSPS) is 33.7. The number of imide groups is 1. The highest BCUT2D eigenvalue weighted by atomic mass is 16.5. The van der Waals surface area contributed by atoms with Crippen LogP contribution in [0, 0.1) is 11.8 Å². The van der Waals surface area contributed by atoms with Gasteiger partial charge in [-0.1, -0.05) is 48.6 Å². The lowest BCUT2D eigenvalue weighted by Gasteiger charge is -2.26. The molecule has 2 amide bonds. The summed E-state index contributed by atoms with van der Waals surface area (Å²) in [6.07, 6.45) is 3.09. The molecule has 4 atom stereocenters. The quantitative estimate of drug-likeness (QED) is 0.674. The lowest BCUT2D eigenvalue weighted by Crippen LogP contribution is -2.43. The molecule has 5 nitrogen and oxygen atoms in total. The SMILES string of the molecule is O=C1[C@H]2[C@@H](C(=O)N1c1cccc3ccccc13)[C@]1(CO)C=C[C@H]2O1. The van der Waals surface area contributed by atoms with Crippen LogP contribution < -0.4 is 4.90 Å². The second-order valence-corrected chi connectivity index (χ2v) is 6.57. The van der Waals surface area contributed by atoms with E-state index in [9.17, 15) is 14.7 Å². The zero-order valence-corrected chi connectivity index (χ0v) is 12.8. The van der Waals surface area contributed by atoms with Gasteiger partial charge in [-0.05, 0) is 11.5 Å². The van der Waals surface area contributed by atoms with Gasteiger partial charge in [0.25, 0.3) is 0 Å². The molecule has 3 aliphatic rings. The fourth-order valence-electron chi connectivity index (χ4n) is 4.32. The fraction of sp³-hybridized carbons (Fsp3) is 0.263. The molecule has 24 heavy (non-hydrogen) atoms. The molecular formula is C19H15NO4. The van der Waals surface area contributed by atoms with E-state index in [1.807, 2.05) is 36.4 Å². The maximum absolute atomic E-state index is 13.1. The minimum absolute atomic E-state index is 0.244. The Labute approximate surface area is 138 Å². The van der Waals surface area contributed by atoms with Gasteiger partial charge in [0, 0.05) is 5.39 Å². The number of hydrogen-bond donors (Lipinski definition) is 1. The third-order valence-corrected chi connectivity index (χ3v) is 5.41. The molecule has 3 aliphatic heterocycles. The number of benzene rings is 2. The van der Waals surface area contributed by atoms with E-state index < -0.39 is 23.5 Å². The predicted molar refractivity (Wildman–Crippen MR) is 87.3 cm³/mol. The highest BCUT2D eigenvalue weighted by Crippen LogP contribution is 2.52. The summed E-state index contributed by atoms with van der Waals surface area (Å²) >= 11 is 0. The number of anilines is 1. The number of aliphatic hydroxyl groups excluding tert-OH is 1. The summed E-state index contributed by atoms with van der Waals surface area (Å²) in [7, 11) is 0. The van der Waals surface area contributed by atoms with Gasteiger partial charge in [0.2, 0.25) is 11.8 Å². The molecular weight excluding hydrogens is 306 g/mol. The maximum Gasteiger partial charge on any atom is 0.241 e. The molecule has 120 valence electrons. The second-order valence-electron chi connectivity index (χ2n) is 6.57. The molecule has 2 aromatic carbocycles. The first kappa shape index (κ1) is 13.9. The number of fused-ring (bicyclic) bond motifs is 6. The summed E-state index contributed by atoms with van der Waals surface area (Å²) in [6, 6.07) is 13.3. The van der Waals surface area contributed by atoms with E-state index in [4.69, 9.17) is 4.74 Å². The first-order valence-electron chi connectivity index (χ1n) is 8.00. The van der Waals surface area contributed by atoms with Crippen LogP contribution in [-0.4, -0.2) is 35.2 Å². The van der Waals surface area contributed by atoms with Crippen molar-refractivity contribution < 1.29 is 19.4 Å². The highest BCUT2D eigenvalue weighted by Gasteiger charge is 2.67. The largest absolute Gasteiger partial charge is 0.393 e. The molecule has 0 saturated carbocycles. The molecule has 2 saturated heterocycles. The minimum atomic E-state index is -1.05. The number of nitrogens with zero attached hydrogens (tertiary/aromatic N) is 1. The van der Waals surface area contributed by atoms with Gasteiger partial charge in [-0.15, -0.1) is 0 Å². The summed E-state index contributed by atoms with van der Waals surface area (Å²) in [5.41, 5.74) is -0.452. The number of hydrogen-bond acceptors (Lipinski definition) is 4. The van der Waals surface area contributed by atoms with Crippen molar-refractivity contribution in [2.75, 3.05) is 11.5 Å². The minimum Gasteiger partial charge on any atom is -0.393 e. The lowest BCUT2D eigenvalue weighted by molar-refractivity contribution is -0.128. The molecule has 2 fully saturated rings. The van der Waals surface area contributed by atoms with E-state index in [0.717, 1.165) is 10.8 Å². The van der Waals surface area contributed by atoms with Crippen LogP contribution in [0.1, 0.15) is 0 Å². The van der Waals surface area contributed by atoms with E-state index in [1.54, 1.807) is 18.2 Å². The summed E-state index contributed by atoms with van der Waals surface area (Å²) in [4.78, 5) is 27.4. The zero-order valence-electron chi connectivity index (χ0n) is 12.8. The van der Waals surface area contributed by atoms with Crippen LogP contribution in [0.15, 0.2) is 54.6 Å². The summed E-state index contributed by atoms with van der Waals surface area (Å²) in [5, 5.41) is 11.6. The molecule has 3 heterocycles. The fourth-order valence-corrected chi connectivity index (χ4v) is 4.32. The van der Waals surface area contributed by atoms with Gasteiger partial charge in [-0.25, -0.2) is 4.90 Å². The Morgan fingerprint density at radius 3 is 2.71 bits per heavy atom. The van der Waals surface area contributed by atoms with E-state index in [1.165, 1.54) is 4.90 Å². The molecule has 0 aliphatic carbocycles. The molecule has 2 bridgehead atoms. The standard InChI is InChI=1S/C19H15NO4/c21-10-19-9-8-14(24-19)15-16(19)18(23)20(17(15)22)13-7-3-5-11-4-1-2-6-12(11)13/h1-9,14-16,21H,10H2/t14-,15-,16+,19-/m1/s1. The van der Waals surface area contributed by atoms with Crippen molar-refractivity contribution in [1.29, 1.82) is 0 Å². The predicted octanol–water partition coefficient (Wildman–Crippen LogP) is 1.65.